The van der Waals surface area contributed by atoms with Crippen LogP contribution in [0, 0.1) is 0 Å². The third-order valence-electron chi connectivity index (χ3n) is 2.78. The maximum absolute atomic E-state index is 12.3. The highest BCUT2D eigenvalue weighted by Crippen LogP contribution is 2.16. The molecule has 0 fully saturated rings. The minimum absolute atomic E-state index is 0.237. The van der Waals surface area contributed by atoms with Gasteiger partial charge in [-0.3, -0.25) is 0 Å². The fraction of sp³-hybridized carbons (Fsp3) is 0.714. The Morgan fingerprint density at radius 3 is 1.44 bits per heavy atom. The summed E-state index contributed by atoms with van der Waals surface area (Å²) in [6, 6.07) is 0. The van der Waals surface area contributed by atoms with Crippen LogP contribution in [0.5, 0.6) is 0 Å². The van der Waals surface area contributed by atoms with E-state index in [9.17, 15) is 24.6 Å². The molecule has 0 aliphatic heterocycles. The molecule has 11 heteroatoms. The number of rotatable bonds is 14. The molecule has 0 saturated carbocycles. The zero-order chi connectivity index (χ0) is 19.7. The normalized spacial score (nSPS) is 14.7. The van der Waals surface area contributed by atoms with Crippen molar-refractivity contribution in [2.75, 3.05) is 24.7 Å². The lowest BCUT2D eigenvalue weighted by molar-refractivity contribution is 0.0573. The summed E-state index contributed by atoms with van der Waals surface area (Å²) in [6.45, 7) is 10.1. The summed E-state index contributed by atoms with van der Waals surface area (Å²) in [5, 5.41) is 0. The van der Waals surface area contributed by atoms with E-state index in [0.717, 1.165) is 0 Å². The molecule has 0 aliphatic rings. The van der Waals surface area contributed by atoms with Gasteiger partial charge in [0.25, 0.3) is 0 Å². The molecular weight excluding hydrogens is 382 g/mol. The van der Waals surface area contributed by atoms with Gasteiger partial charge in [0, 0.05) is 12.8 Å². The molecule has 0 aliphatic carbocycles. The zero-order valence-corrected chi connectivity index (χ0v) is 15.9. The van der Waals surface area contributed by atoms with E-state index >= 15 is 0 Å². The molecule has 7 nitrogen and oxygen atoms in total. The van der Waals surface area contributed by atoms with Crippen LogP contribution in [0.15, 0.2) is 24.7 Å². The summed E-state index contributed by atoms with van der Waals surface area (Å²) in [4.78, 5) is 0. The third kappa shape index (κ3) is 16.2. The summed E-state index contributed by atoms with van der Waals surface area (Å²) >= 11 is 0. The van der Waals surface area contributed by atoms with Gasteiger partial charge in [-0.2, -0.15) is 16.8 Å². The minimum atomic E-state index is -4.57. The Bertz CT molecular complexity index is 588. The largest absolute Gasteiger partial charge is 0.467 e. The van der Waals surface area contributed by atoms with E-state index in [1.54, 1.807) is 13.8 Å². The summed E-state index contributed by atoms with van der Waals surface area (Å²) in [5.74, 6) is -0.833. The maximum Gasteiger partial charge on any atom is 0.304 e. The van der Waals surface area contributed by atoms with Gasteiger partial charge in [0.2, 0.25) is 0 Å². The van der Waals surface area contributed by atoms with E-state index in [-0.39, 0.29) is 26.1 Å². The van der Waals surface area contributed by atoms with Gasteiger partial charge < -0.3 is 14.2 Å². The number of hydrogen-bond acceptors (Lipinski definition) is 7. The summed E-state index contributed by atoms with van der Waals surface area (Å²) in [5.41, 5.74) is 0. The molecule has 0 aromatic carbocycles. The second-order valence-corrected chi connectivity index (χ2v) is 8.41. The van der Waals surface area contributed by atoms with Crippen molar-refractivity contribution in [3.8, 4) is 0 Å². The van der Waals surface area contributed by atoms with E-state index in [0.29, 0.717) is 11.5 Å². The molecule has 0 N–H and O–H groups in total. The van der Waals surface area contributed by atoms with E-state index in [1.807, 2.05) is 0 Å². The Morgan fingerprint density at radius 1 is 0.840 bits per heavy atom. The Morgan fingerprint density at radius 2 is 1.16 bits per heavy atom. The number of ether oxygens (including phenoxy) is 3. The second-order valence-electron chi connectivity index (χ2n) is 5.44. The predicted molar refractivity (Wildman–Crippen MR) is 89.2 cm³/mol. The van der Waals surface area contributed by atoms with Crippen LogP contribution >= 0.6 is 0 Å². The first-order chi connectivity index (χ1) is 11.3. The van der Waals surface area contributed by atoms with Gasteiger partial charge >= 0.3 is 20.4 Å². The smallest absolute Gasteiger partial charge is 0.304 e. The summed E-state index contributed by atoms with van der Waals surface area (Å²) in [7, 11) is -9.13. The molecule has 0 rings (SSSR count). The van der Waals surface area contributed by atoms with Crippen LogP contribution in [0.1, 0.15) is 26.7 Å². The Balaban J connectivity index is 4.02. The van der Waals surface area contributed by atoms with Gasteiger partial charge in [0.1, 0.15) is 11.5 Å². The van der Waals surface area contributed by atoms with E-state index in [4.69, 9.17) is 14.2 Å². The molecule has 0 heterocycles. The van der Waals surface area contributed by atoms with Crippen molar-refractivity contribution >= 4 is 20.4 Å². The fourth-order valence-corrected chi connectivity index (χ4v) is 2.33. The van der Waals surface area contributed by atoms with Crippen LogP contribution in [0.25, 0.3) is 0 Å². The van der Waals surface area contributed by atoms with E-state index in [1.165, 1.54) is 0 Å². The highest BCUT2D eigenvalue weighted by molar-refractivity contribution is 7.86. The van der Waals surface area contributed by atoms with Crippen LogP contribution in [0.4, 0.5) is 7.77 Å². The lowest BCUT2D eigenvalue weighted by Gasteiger charge is -2.18. The summed E-state index contributed by atoms with van der Waals surface area (Å²) < 4.78 is 81.6. The van der Waals surface area contributed by atoms with Gasteiger partial charge in [0.15, 0.2) is 0 Å². The molecule has 25 heavy (non-hydrogen) atoms. The second kappa shape index (κ2) is 10.8. The molecule has 0 radical (unpaired) electrons. The van der Waals surface area contributed by atoms with Gasteiger partial charge in [-0.25, -0.2) is 0 Å². The summed E-state index contributed by atoms with van der Waals surface area (Å²) in [6.07, 6.45) is -0.405. The highest BCUT2D eigenvalue weighted by atomic mass is 32.3. The SMILES string of the molecule is C=C(CC(C)OCCS(=O)(=O)F)OC(=C)CC(C)OCCS(=O)(=O)F. The van der Waals surface area contributed by atoms with Crippen molar-refractivity contribution < 1.29 is 38.8 Å². The molecule has 0 bridgehead atoms. The molecule has 2 atom stereocenters. The average molecular weight is 406 g/mol. The lowest BCUT2D eigenvalue weighted by atomic mass is 10.2. The zero-order valence-electron chi connectivity index (χ0n) is 14.2. The first kappa shape index (κ1) is 24.0. The van der Waals surface area contributed by atoms with Crippen LogP contribution in [0.3, 0.4) is 0 Å². The number of halogens is 2. The average Bonchev–Trinajstić information content (AvgIpc) is 2.34. The molecular formula is C14H24F2O7S2. The molecule has 0 aromatic heterocycles. The van der Waals surface area contributed by atoms with Crippen molar-refractivity contribution in [1.82, 2.24) is 0 Å². The Kier molecular flexibility index (Phi) is 10.4. The highest BCUT2D eigenvalue weighted by Gasteiger charge is 2.13. The standard InChI is InChI=1S/C14H24F2O7S2/c1-11(21-5-7-24(15,17)18)9-13(3)23-14(4)10-12(2)22-6-8-25(16,19)20/h11-12H,3-10H2,1-2H3. The van der Waals surface area contributed by atoms with Crippen LogP contribution in [0.2, 0.25) is 0 Å². The topological polar surface area (TPSA) is 96.0 Å². The lowest BCUT2D eigenvalue weighted by Crippen LogP contribution is -2.17. The van der Waals surface area contributed by atoms with Gasteiger partial charge in [-0.15, -0.1) is 7.77 Å². The minimum Gasteiger partial charge on any atom is -0.467 e. The van der Waals surface area contributed by atoms with Crippen molar-refractivity contribution in [1.29, 1.82) is 0 Å². The van der Waals surface area contributed by atoms with Gasteiger partial charge in [-0.1, -0.05) is 13.2 Å². The van der Waals surface area contributed by atoms with Crippen LogP contribution in [-0.2, 0) is 34.7 Å². The van der Waals surface area contributed by atoms with Crippen molar-refractivity contribution in [3.63, 3.8) is 0 Å². The number of hydrogen-bond donors (Lipinski definition) is 0. The monoisotopic (exact) mass is 406 g/mol. The fourth-order valence-electron chi connectivity index (χ4n) is 1.74. The van der Waals surface area contributed by atoms with E-state index in [2.05, 4.69) is 13.2 Å². The molecule has 0 amide bonds. The van der Waals surface area contributed by atoms with Crippen molar-refractivity contribution in [3.05, 3.63) is 24.7 Å². The quantitative estimate of drug-likeness (QED) is 0.322. The van der Waals surface area contributed by atoms with E-state index < -0.39 is 44.2 Å². The van der Waals surface area contributed by atoms with Crippen LogP contribution in [-0.4, -0.2) is 53.8 Å². The van der Waals surface area contributed by atoms with Crippen molar-refractivity contribution in [2.45, 2.75) is 38.9 Å². The predicted octanol–water partition coefficient (Wildman–Crippen LogP) is 2.22. The Hall–Kier alpha value is -1.04. The molecule has 0 spiro atoms. The first-order valence-corrected chi connectivity index (χ1v) is 10.5. The maximum atomic E-state index is 12.3. The molecule has 2 unspecified atom stereocenters. The Labute approximate surface area is 148 Å². The first-order valence-electron chi connectivity index (χ1n) is 7.40. The molecule has 0 aromatic rings. The van der Waals surface area contributed by atoms with Gasteiger partial charge in [0.05, 0.1) is 36.9 Å². The molecule has 148 valence electrons. The van der Waals surface area contributed by atoms with Crippen LogP contribution < -0.4 is 0 Å². The van der Waals surface area contributed by atoms with Crippen molar-refractivity contribution in [2.24, 2.45) is 0 Å². The van der Waals surface area contributed by atoms with Gasteiger partial charge in [-0.05, 0) is 13.8 Å². The third-order valence-corrected chi connectivity index (χ3v) is 4.09. The molecule has 0 saturated heterocycles.